The van der Waals surface area contributed by atoms with E-state index in [1.54, 1.807) is 6.34 Å². The lowest BCUT2D eigenvalue weighted by Gasteiger charge is -2.17. The number of para-hydroxylation sites is 1. The largest absolute Gasteiger partial charge is 0.328 e. The molecule has 0 fully saturated rings. The lowest BCUT2D eigenvalue weighted by molar-refractivity contribution is 0.584. The maximum atomic E-state index is 13.2. The molecule has 1 aromatic carbocycles. The van der Waals surface area contributed by atoms with Gasteiger partial charge in [-0.1, -0.05) is 51.0 Å². The molecule has 2 N–H and O–H groups in total. The Morgan fingerprint density at radius 1 is 1.00 bits per heavy atom. The van der Waals surface area contributed by atoms with Crippen molar-refractivity contribution < 1.29 is 0 Å². The number of anilines is 1. The molecular formula is C25H33N7O. The highest BCUT2D eigenvalue weighted by atomic mass is 16.1. The van der Waals surface area contributed by atoms with E-state index in [1.807, 2.05) is 50.7 Å². The van der Waals surface area contributed by atoms with E-state index in [9.17, 15) is 4.79 Å². The van der Waals surface area contributed by atoms with Crippen LogP contribution in [0.3, 0.4) is 0 Å². The first-order valence-corrected chi connectivity index (χ1v) is 11.8. The minimum absolute atomic E-state index is 0.0911. The highest BCUT2D eigenvalue weighted by Gasteiger charge is 2.17. The predicted octanol–water partition coefficient (Wildman–Crippen LogP) is 3.98. The Morgan fingerprint density at radius 2 is 1.82 bits per heavy atom. The fourth-order valence-electron chi connectivity index (χ4n) is 4.24. The number of pyridine rings is 1. The van der Waals surface area contributed by atoms with E-state index in [-0.39, 0.29) is 5.69 Å². The quantitative estimate of drug-likeness (QED) is 0.491. The summed E-state index contributed by atoms with van der Waals surface area (Å²) in [5, 5.41) is 5.80. The second kappa shape index (κ2) is 10.5. The van der Waals surface area contributed by atoms with Crippen LogP contribution in [0.2, 0.25) is 0 Å². The number of aromatic nitrogens is 3. The monoisotopic (exact) mass is 447 g/mol. The highest BCUT2D eigenvalue weighted by Crippen LogP contribution is 2.28. The van der Waals surface area contributed by atoms with E-state index in [4.69, 9.17) is 4.98 Å². The zero-order chi connectivity index (χ0) is 23.2. The van der Waals surface area contributed by atoms with Gasteiger partial charge < -0.3 is 0 Å². The first-order valence-electron chi connectivity index (χ1n) is 11.8. The average Bonchev–Trinajstić information content (AvgIpc) is 3.45. The molecule has 0 aliphatic carbocycles. The summed E-state index contributed by atoms with van der Waals surface area (Å²) < 4.78 is 3.90. The van der Waals surface area contributed by atoms with Crippen molar-refractivity contribution in [2.75, 3.05) is 5.01 Å². The lowest BCUT2D eigenvalue weighted by atomic mass is 10.1. The number of nitrogens with zero attached hydrogens (tertiary/aromatic N) is 5. The van der Waals surface area contributed by atoms with Gasteiger partial charge in [0.1, 0.15) is 6.34 Å². The lowest BCUT2D eigenvalue weighted by Crippen LogP contribution is -2.37. The van der Waals surface area contributed by atoms with E-state index in [0.717, 1.165) is 72.5 Å². The van der Waals surface area contributed by atoms with Crippen molar-refractivity contribution in [3.05, 3.63) is 70.0 Å². The molecule has 0 atom stereocenters. The Balaban J connectivity index is 1.61. The van der Waals surface area contributed by atoms with Crippen LogP contribution < -0.4 is 21.8 Å². The summed E-state index contributed by atoms with van der Waals surface area (Å²) in [5.74, 6) is 0. The summed E-state index contributed by atoms with van der Waals surface area (Å²) in [6.45, 7) is 7.75. The number of hydrazone groups is 1. The Bertz CT molecular complexity index is 1160. The van der Waals surface area contributed by atoms with Gasteiger partial charge in [-0.05, 0) is 43.9 Å². The van der Waals surface area contributed by atoms with Crippen LogP contribution in [0.5, 0.6) is 0 Å². The molecule has 4 rings (SSSR count). The van der Waals surface area contributed by atoms with Crippen molar-refractivity contribution in [1.29, 1.82) is 0 Å². The van der Waals surface area contributed by atoms with Gasteiger partial charge in [0.15, 0.2) is 0 Å². The Morgan fingerprint density at radius 3 is 2.52 bits per heavy atom. The maximum absolute atomic E-state index is 13.2. The number of unbranched alkanes of at least 4 members (excludes halogenated alkanes) is 2. The van der Waals surface area contributed by atoms with Gasteiger partial charge in [-0.2, -0.15) is 5.10 Å². The van der Waals surface area contributed by atoms with Crippen molar-refractivity contribution in [3.8, 4) is 11.3 Å². The Hall–Kier alpha value is -3.39. The zero-order valence-corrected chi connectivity index (χ0v) is 19.7. The standard InChI is InChI=1S/C25H33N7O/c1-4-6-11-23-19(3)30(15-7-5-2)25(33)31(23)17-20-13-14-22(26-16-20)21-10-8-9-12-24(21)32-18-27-28-29-32/h8-10,12-14,16,18,28-29H,4-7,11,15,17H2,1-3H3. The molecule has 0 saturated carbocycles. The fourth-order valence-corrected chi connectivity index (χ4v) is 4.24. The number of nitrogens with one attached hydrogen (secondary N) is 2. The van der Waals surface area contributed by atoms with Crippen LogP contribution >= 0.6 is 0 Å². The van der Waals surface area contributed by atoms with Crippen LogP contribution in [0.25, 0.3) is 11.3 Å². The van der Waals surface area contributed by atoms with Crippen LogP contribution in [0.4, 0.5) is 5.69 Å². The van der Waals surface area contributed by atoms with Crippen molar-refractivity contribution in [3.63, 3.8) is 0 Å². The van der Waals surface area contributed by atoms with E-state index in [0.29, 0.717) is 6.54 Å². The molecule has 0 unspecified atom stereocenters. The number of benzene rings is 1. The molecule has 8 nitrogen and oxygen atoms in total. The zero-order valence-electron chi connectivity index (χ0n) is 19.7. The summed E-state index contributed by atoms with van der Waals surface area (Å²) in [5.41, 5.74) is 11.9. The van der Waals surface area contributed by atoms with Gasteiger partial charge in [-0.3, -0.25) is 14.1 Å². The minimum atomic E-state index is 0.0911. The molecule has 0 radical (unpaired) electrons. The summed E-state index contributed by atoms with van der Waals surface area (Å²) >= 11 is 0. The first-order chi connectivity index (χ1) is 16.1. The molecule has 0 spiro atoms. The molecule has 1 aliphatic rings. The van der Waals surface area contributed by atoms with Crippen molar-refractivity contribution >= 4 is 12.0 Å². The molecule has 8 heteroatoms. The van der Waals surface area contributed by atoms with Gasteiger partial charge >= 0.3 is 5.69 Å². The molecule has 1 aliphatic heterocycles. The third kappa shape index (κ3) is 4.85. The van der Waals surface area contributed by atoms with Gasteiger partial charge in [0.05, 0.1) is 17.9 Å². The third-order valence-electron chi connectivity index (χ3n) is 6.13. The number of hydrogen-bond acceptors (Lipinski definition) is 6. The molecular weight excluding hydrogens is 414 g/mol. The second-order valence-electron chi connectivity index (χ2n) is 8.42. The third-order valence-corrected chi connectivity index (χ3v) is 6.13. The molecule has 33 heavy (non-hydrogen) atoms. The normalized spacial score (nSPS) is 13.0. The van der Waals surface area contributed by atoms with Crippen LogP contribution in [-0.2, 0) is 19.5 Å². The molecule has 3 heterocycles. The number of rotatable bonds is 10. The molecule has 0 bridgehead atoms. The number of hydrogen-bond donors (Lipinski definition) is 2. The number of imidazole rings is 1. The van der Waals surface area contributed by atoms with E-state index in [2.05, 4.69) is 43.0 Å². The van der Waals surface area contributed by atoms with Crippen LogP contribution in [0, 0.1) is 6.92 Å². The second-order valence-corrected chi connectivity index (χ2v) is 8.42. The summed E-state index contributed by atoms with van der Waals surface area (Å²) in [4.78, 5) is 18.0. The fraction of sp³-hybridized carbons (Fsp3) is 0.400. The maximum Gasteiger partial charge on any atom is 0.328 e. The van der Waals surface area contributed by atoms with Gasteiger partial charge in [-0.25, -0.2) is 15.3 Å². The van der Waals surface area contributed by atoms with Crippen LogP contribution in [0.1, 0.15) is 56.5 Å². The van der Waals surface area contributed by atoms with Crippen molar-refractivity contribution in [1.82, 2.24) is 25.2 Å². The van der Waals surface area contributed by atoms with Crippen molar-refractivity contribution in [2.24, 2.45) is 5.10 Å². The topological polar surface area (TPSA) is 79.5 Å². The minimum Gasteiger partial charge on any atom is -0.296 e. The molecule has 0 amide bonds. The van der Waals surface area contributed by atoms with Crippen LogP contribution in [-0.4, -0.2) is 20.5 Å². The smallest absolute Gasteiger partial charge is 0.296 e. The first kappa shape index (κ1) is 22.8. The van der Waals surface area contributed by atoms with E-state index in [1.165, 1.54) is 0 Å². The number of hydrazine groups is 2. The molecule has 3 aromatic rings. The summed E-state index contributed by atoms with van der Waals surface area (Å²) in [6, 6.07) is 12.1. The summed E-state index contributed by atoms with van der Waals surface area (Å²) in [6.07, 6.45) is 8.76. The average molecular weight is 448 g/mol. The van der Waals surface area contributed by atoms with Gasteiger partial charge in [0, 0.05) is 29.7 Å². The van der Waals surface area contributed by atoms with Gasteiger partial charge in [0.25, 0.3) is 0 Å². The molecule has 0 saturated heterocycles. The SMILES string of the molecule is CCCCc1c(C)n(CCCC)c(=O)n1Cc1ccc(-c2ccccc2N2C=NNN2)nc1. The molecule has 174 valence electrons. The van der Waals surface area contributed by atoms with E-state index >= 15 is 0 Å². The van der Waals surface area contributed by atoms with Crippen LogP contribution in [0.15, 0.2) is 52.5 Å². The Kier molecular flexibility index (Phi) is 7.24. The summed E-state index contributed by atoms with van der Waals surface area (Å²) in [7, 11) is 0. The molecule has 2 aromatic heterocycles. The van der Waals surface area contributed by atoms with Crippen molar-refractivity contribution in [2.45, 2.75) is 66.0 Å². The van der Waals surface area contributed by atoms with Gasteiger partial charge in [-0.15, -0.1) is 5.53 Å². The van der Waals surface area contributed by atoms with Gasteiger partial charge in [0.2, 0.25) is 0 Å². The van der Waals surface area contributed by atoms with E-state index < -0.39 is 0 Å². The highest BCUT2D eigenvalue weighted by molar-refractivity contribution is 5.87. The Labute approximate surface area is 194 Å². The predicted molar refractivity (Wildman–Crippen MR) is 133 cm³/mol.